The van der Waals surface area contributed by atoms with Gasteiger partial charge in [0, 0.05) is 12.4 Å². The molecule has 2 rings (SSSR count). The number of thiazole rings is 1. The summed E-state index contributed by atoms with van der Waals surface area (Å²) in [6, 6.07) is 0. The molecule has 0 atom stereocenters. The third-order valence-corrected chi connectivity index (χ3v) is 4.61. The average molecular weight is 308 g/mol. The Hall–Kier alpha value is -1.60. The second kappa shape index (κ2) is 7.86. The number of carbonyl (C=O) groups is 1. The van der Waals surface area contributed by atoms with Crippen LogP contribution in [0.5, 0.6) is 0 Å². The van der Waals surface area contributed by atoms with Crippen molar-refractivity contribution in [3.63, 3.8) is 0 Å². The minimum Gasteiger partial charge on any atom is -0.328 e. The van der Waals surface area contributed by atoms with Crippen LogP contribution in [0.25, 0.3) is 0 Å². The zero-order chi connectivity index (χ0) is 14.2. The molecular weight excluding hydrogens is 292 g/mol. The second-order valence-electron chi connectivity index (χ2n) is 4.05. The van der Waals surface area contributed by atoms with Crippen molar-refractivity contribution >= 4 is 34.1 Å². The van der Waals surface area contributed by atoms with Crippen molar-refractivity contribution in [2.45, 2.75) is 23.6 Å². The quantitative estimate of drug-likeness (QED) is 0.462. The van der Waals surface area contributed by atoms with Gasteiger partial charge in [0.2, 0.25) is 5.91 Å². The molecule has 0 saturated carbocycles. The molecule has 20 heavy (non-hydrogen) atoms. The fourth-order valence-electron chi connectivity index (χ4n) is 1.49. The van der Waals surface area contributed by atoms with Crippen molar-refractivity contribution in [1.29, 1.82) is 0 Å². The predicted octanol–water partition coefficient (Wildman–Crippen LogP) is 3.04. The van der Waals surface area contributed by atoms with Crippen molar-refractivity contribution < 1.29 is 4.79 Å². The molecular formula is C13H16N4OS2. The van der Waals surface area contributed by atoms with Gasteiger partial charge >= 0.3 is 0 Å². The monoisotopic (exact) mass is 308 g/mol. The number of rotatable bonds is 8. The summed E-state index contributed by atoms with van der Waals surface area (Å²) < 4.78 is 2.83. The van der Waals surface area contributed by atoms with Gasteiger partial charge in [0.15, 0.2) is 5.13 Å². The molecule has 7 heteroatoms. The van der Waals surface area contributed by atoms with Gasteiger partial charge in [-0.15, -0.1) is 18.3 Å². The predicted molar refractivity (Wildman–Crippen MR) is 83.1 cm³/mol. The van der Waals surface area contributed by atoms with Crippen molar-refractivity contribution in [3.8, 4) is 0 Å². The van der Waals surface area contributed by atoms with Gasteiger partial charge in [0.1, 0.15) is 6.54 Å². The molecule has 0 aliphatic rings. The van der Waals surface area contributed by atoms with Crippen LogP contribution in [-0.2, 0) is 11.3 Å². The molecule has 2 aromatic heterocycles. The molecule has 0 radical (unpaired) electrons. The molecule has 0 aliphatic carbocycles. The Kier molecular flexibility index (Phi) is 5.82. The first-order valence-electron chi connectivity index (χ1n) is 6.23. The first-order chi connectivity index (χ1) is 9.78. The standard InChI is InChI=1S/C13H16N4OS2/c1-2-3-4-7-19-12-8-15-13(20-12)16-11(18)9-17-6-5-14-10-17/h2,5-6,8,10H,1,3-4,7,9H2,(H,15,16,18). The summed E-state index contributed by atoms with van der Waals surface area (Å²) >= 11 is 3.26. The molecule has 5 nitrogen and oxygen atoms in total. The fraction of sp³-hybridized carbons (Fsp3) is 0.308. The smallest absolute Gasteiger partial charge is 0.246 e. The van der Waals surface area contributed by atoms with E-state index in [1.807, 2.05) is 6.08 Å². The van der Waals surface area contributed by atoms with Gasteiger partial charge in [-0.2, -0.15) is 0 Å². The summed E-state index contributed by atoms with van der Waals surface area (Å²) in [5.41, 5.74) is 0. The molecule has 0 spiro atoms. The number of carbonyl (C=O) groups excluding carboxylic acids is 1. The summed E-state index contributed by atoms with van der Waals surface area (Å²) in [7, 11) is 0. The maximum Gasteiger partial charge on any atom is 0.246 e. The Balaban J connectivity index is 1.77. The Morgan fingerprint density at radius 2 is 2.50 bits per heavy atom. The topological polar surface area (TPSA) is 59.8 Å². The number of hydrogen-bond acceptors (Lipinski definition) is 5. The summed E-state index contributed by atoms with van der Waals surface area (Å²) in [4.78, 5) is 19.9. The minimum absolute atomic E-state index is 0.0967. The summed E-state index contributed by atoms with van der Waals surface area (Å²) in [6.45, 7) is 3.95. The van der Waals surface area contributed by atoms with Gasteiger partial charge in [-0.1, -0.05) is 17.4 Å². The number of aromatic nitrogens is 3. The lowest BCUT2D eigenvalue weighted by atomic mass is 10.3. The molecule has 2 heterocycles. The lowest BCUT2D eigenvalue weighted by Crippen LogP contribution is -2.17. The minimum atomic E-state index is -0.0967. The zero-order valence-corrected chi connectivity index (χ0v) is 12.6. The van der Waals surface area contributed by atoms with Crippen molar-refractivity contribution in [1.82, 2.24) is 14.5 Å². The van der Waals surface area contributed by atoms with Crippen molar-refractivity contribution in [3.05, 3.63) is 37.6 Å². The second-order valence-corrected chi connectivity index (χ2v) is 6.47. The van der Waals surface area contributed by atoms with Crippen LogP contribution in [0.4, 0.5) is 5.13 Å². The Labute approximate surface area is 126 Å². The van der Waals surface area contributed by atoms with Gasteiger partial charge in [-0.25, -0.2) is 9.97 Å². The molecule has 0 unspecified atom stereocenters. The third-order valence-electron chi connectivity index (χ3n) is 2.41. The van der Waals surface area contributed by atoms with E-state index < -0.39 is 0 Å². The zero-order valence-electron chi connectivity index (χ0n) is 11.0. The molecule has 1 amide bonds. The lowest BCUT2D eigenvalue weighted by Gasteiger charge is -2.01. The number of thioether (sulfide) groups is 1. The van der Waals surface area contributed by atoms with E-state index in [9.17, 15) is 4.79 Å². The van der Waals surface area contributed by atoms with Crippen molar-refractivity contribution in [2.75, 3.05) is 11.1 Å². The molecule has 0 bridgehead atoms. The normalized spacial score (nSPS) is 10.4. The van der Waals surface area contributed by atoms with Crippen LogP contribution in [0.15, 0.2) is 41.8 Å². The van der Waals surface area contributed by atoms with E-state index in [-0.39, 0.29) is 12.5 Å². The molecule has 1 N–H and O–H groups in total. The van der Waals surface area contributed by atoms with Crippen LogP contribution < -0.4 is 5.32 Å². The van der Waals surface area contributed by atoms with E-state index in [4.69, 9.17) is 0 Å². The van der Waals surface area contributed by atoms with Crippen LogP contribution in [0.3, 0.4) is 0 Å². The maximum atomic E-state index is 11.8. The van der Waals surface area contributed by atoms with Crippen molar-refractivity contribution in [2.24, 2.45) is 0 Å². The number of imidazole rings is 1. The number of amides is 1. The van der Waals surface area contributed by atoms with Gasteiger partial charge in [0.05, 0.1) is 16.7 Å². The first-order valence-corrected chi connectivity index (χ1v) is 8.03. The number of unbranched alkanes of at least 4 members (excludes halogenated alkanes) is 1. The van der Waals surface area contributed by atoms with E-state index in [0.29, 0.717) is 5.13 Å². The summed E-state index contributed by atoms with van der Waals surface area (Å²) in [5.74, 6) is 0.942. The summed E-state index contributed by atoms with van der Waals surface area (Å²) in [6.07, 6.45) is 10.9. The number of anilines is 1. The van der Waals surface area contributed by atoms with Crippen LogP contribution in [0.2, 0.25) is 0 Å². The number of allylic oxidation sites excluding steroid dienone is 1. The van der Waals surface area contributed by atoms with E-state index >= 15 is 0 Å². The maximum absolute atomic E-state index is 11.8. The molecule has 0 fully saturated rings. The van der Waals surface area contributed by atoms with Gasteiger partial charge in [-0.3, -0.25) is 4.79 Å². The lowest BCUT2D eigenvalue weighted by molar-refractivity contribution is -0.116. The van der Waals surface area contributed by atoms with E-state index in [0.717, 1.165) is 22.8 Å². The highest BCUT2D eigenvalue weighted by molar-refractivity contribution is 8.01. The Morgan fingerprint density at radius 1 is 1.60 bits per heavy atom. The number of nitrogens with one attached hydrogen (secondary N) is 1. The highest BCUT2D eigenvalue weighted by Gasteiger charge is 2.07. The van der Waals surface area contributed by atoms with E-state index in [1.165, 1.54) is 11.3 Å². The summed E-state index contributed by atoms with van der Waals surface area (Å²) in [5, 5.41) is 3.43. The van der Waals surface area contributed by atoms with Gasteiger partial charge < -0.3 is 9.88 Å². The highest BCUT2D eigenvalue weighted by Crippen LogP contribution is 2.28. The molecule has 0 saturated heterocycles. The van der Waals surface area contributed by atoms with E-state index in [2.05, 4.69) is 21.9 Å². The van der Waals surface area contributed by atoms with Crippen LogP contribution in [0, 0.1) is 0 Å². The fourth-order valence-corrected chi connectivity index (χ4v) is 3.42. The van der Waals surface area contributed by atoms with E-state index in [1.54, 1.807) is 41.2 Å². The SMILES string of the molecule is C=CCCCSc1cnc(NC(=O)Cn2ccnc2)s1. The molecule has 0 aromatic carbocycles. The highest BCUT2D eigenvalue weighted by atomic mass is 32.2. The van der Waals surface area contributed by atoms with Crippen LogP contribution in [-0.4, -0.2) is 26.2 Å². The largest absolute Gasteiger partial charge is 0.328 e. The Bertz CT molecular complexity index is 550. The number of nitrogens with zero attached hydrogens (tertiary/aromatic N) is 3. The van der Waals surface area contributed by atoms with Gasteiger partial charge in [-0.05, 0) is 18.6 Å². The Morgan fingerprint density at radius 3 is 3.25 bits per heavy atom. The first kappa shape index (κ1) is 14.8. The molecule has 106 valence electrons. The average Bonchev–Trinajstić information content (AvgIpc) is 3.07. The van der Waals surface area contributed by atoms with Gasteiger partial charge in [0.25, 0.3) is 0 Å². The molecule has 0 aliphatic heterocycles. The van der Waals surface area contributed by atoms with Crippen LogP contribution in [0.1, 0.15) is 12.8 Å². The number of hydrogen-bond donors (Lipinski definition) is 1. The third kappa shape index (κ3) is 4.82. The van der Waals surface area contributed by atoms with Crippen LogP contribution >= 0.6 is 23.1 Å². The molecule has 2 aromatic rings.